The van der Waals surface area contributed by atoms with Gasteiger partial charge in [-0.3, -0.25) is 0 Å². The van der Waals surface area contributed by atoms with Gasteiger partial charge in [0.15, 0.2) is 0 Å². The summed E-state index contributed by atoms with van der Waals surface area (Å²) in [6.07, 6.45) is 3.75. The third-order valence-corrected chi connectivity index (χ3v) is 4.03. The van der Waals surface area contributed by atoms with E-state index in [4.69, 9.17) is 5.73 Å². The second-order valence-electron chi connectivity index (χ2n) is 5.42. The van der Waals surface area contributed by atoms with Gasteiger partial charge in [0.05, 0.1) is 0 Å². The van der Waals surface area contributed by atoms with Crippen LogP contribution in [0.3, 0.4) is 0 Å². The lowest BCUT2D eigenvalue weighted by atomic mass is 9.91. The Kier molecular flexibility index (Phi) is 5.37. The van der Waals surface area contributed by atoms with Crippen LogP contribution in [0.5, 0.6) is 0 Å². The fourth-order valence-electron chi connectivity index (χ4n) is 2.74. The lowest BCUT2D eigenvalue weighted by Crippen LogP contribution is -1.97. The van der Waals surface area contributed by atoms with Gasteiger partial charge in [-0.25, -0.2) is 0 Å². The summed E-state index contributed by atoms with van der Waals surface area (Å²) in [7, 11) is 0. The molecule has 1 atom stereocenters. The number of hydrogen-bond acceptors (Lipinski definition) is 1. The van der Waals surface area contributed by atoms with Crippen LogP contribution in [0.1, 0.15) is 50.2 Å². The standard InChI is InChI=1S/C19H25N/c1-3-5-16(4-2)17-10-12-19(13-11-17)18-8-6-15(14-20)7-9-18/h6-13,16H,3-5,14,20H2,1-2H3. The van der Waals surface area contributed by atoms with Crippen LogP contribution in [0.2, 0.25) is 0 Å². The summed E-state index contributed by atoms with van der Waals surface area (Å²) in [5.74, 6) is 0.702. The van der Waals surface area contributed by atoms with Gasteiger partial charge in [-0.05, 0) is 41.0 Å². The first kappa shape index (κ1) is 14.8. The van der Waals surface area contributed by atoms with Crippen molar-refractivity contribution in [3.63, 3.8) is 0 Å². The molecule has 2 N–H and O–H groups in total. The van der Waals surface area contributed by atoms with Crippen LogP contribution in [0.15, 0.2) is 48.5 Å². The van der Waals surface area contributed by atoms with E-state index in [1.54, 1.807) is 0 Å². The highest BCUT2D eigenvalue weighted by Crippen LogP contribution is 2.27. The Bertz CT molecular complexity index is 510. The van der Waals surface area contributed by atoms with Crippen LogP contribution < -0.4 is 5.73 Å². The van der Waals surface area contributed by atoms with Gasteiger partial charge in [0, 0.05) is 6.54 Å². The molecule has 1 heteroatoms. The highest BCUT2D eigenvalue weighted by molar-refractivity contribution is 5.64. The second-order valence-corrected chi connectivity index (χ2v) is 5.42. The number of benzene rings is 2. The molecule has 0 aliphatic rings. The zero-order valence-corrected chi connectivity index (χ0v) is 12.6. The van der Waals surface area contributed by atoms with Crippen LogP contribution in [-0.4, -0.2) is 0 Å². The van der Waals surface area contributed by atoms with Crippen LogP contribution >= 0.6 is 0 Å². The van der Waals surface area contributed by atoms with E-state index in [2.05, 4.69) is 62.4 Å². The molecule has 0 saturated heterocycles. The predicted molar refractivity (Wildman–Crippen MR) is 87.7 cm³/mol. The van der Waals surface area contributed by atoms with E-state index >= 15 is 0 Å². The van der Waals surface area contributed by atoms with Gasteiger partial charge in [0.25, 0.3) is 0 Å². The van der Waals surface area contributed by atoms with Crippen molar-refractivity contribution in [1.29, 1.82) is 0 Å². The fourth-order valence-corrected chi connectivity index (χ4v) is 2.74. The molecule has 1 nitrogen and oxygen atoms in total. The molecule has 0 radical (unpaired) electrons. The van der Waals surface area contributed by atoms with Crippen molar-refractivity contribution >= 4 is 0 Å². The Morgan fingerprint density at radius 3 is 1.85 bits per heavy atom. The Balaban J connectivity index is 2.18. The third kappa shape index (κ3) is 3.49. The molecule has 2 aromatic carbocycles. The number of rotatable bonds is 6. The Hall–Kier alpha value is -1.60. The van der Waals surface area contributed by atoms with Crippen molar-refractivity contribution < 1.29 is 0 Å². The van der Waals surface area contributed by atoms with Crippen molar-refractivity contribution in [2.75, 3.05) is 0 Å². The molecule has 20 heavy (non-hydrogen) atoms. The van der Waals surface area contributed by atoms with E-state index in [9.17, 15) is 0 Å². The average molecular weight is 267 g/mol. The topological polar surface area (TPSA) is 26.0 Å². The first-order valence-corrected chi connectivity index (χ1v) is 7.67. The zero-order chi connectivity index (χ0) is 14.4. The highest BCUT2D eigenvalue weighted by atomic mass is 14.5. The van der Waals surface area contributed by atoms with Gasteiger partial charge in [0.1, 0.15) is 0 Å². The molecule has 0 saturated carbocycles. The molecule has 0 spiro atoms. The van der Waals surface area contributed by atoms with E-state index in [1.165, 1.54) is 41.5 Å². The molecule has 0 heterocycles. The average Bonchev–Trinajstić information content (AvgIpc) is 2.53. The fraction of sp³-hybridized carbons (Fsp3) is 0.368. The van der Waals surface area contributed by atoms with Crippen molar-refractivity contribution in [3.8, 4) is 11.1 Å². The summed E-state index contributed by atoms with van der Waals surface area (Å²) in [6, 6.07) is 17.6. The Morgan fingerprint density at radius 2 is 1.40 bits per heavy atom. The minimum atomic E-state index is 0.606. The normalized spacial score (nSPS) is 12.3. The highest BCUT2D eigenvalue weighted by Gasteiger charge is 2.08. The van der Waals surface area contributed by atoms with Gasteiger partial charge >= 0.3 is 0 Å². The maximum absolute atomic E-state index is 5.64. The van der Waals surface area contributed by atoms with Crippen LogP contribution in [0.25, 0.3) is 11.1 Å². The molecule has 0 amide bonds. The van der Waals surface area contributed by atoms with Crippen LogP contribution in [0, 0.1) is 0 Å². The van der Waals surface area contributed by atoms with Gasteiger partial charge in [-0.15, -0.1) is 0 Å². The molecule has 0 aliphatic heterocycles. The van der Waals surface area contributed by atoms with E-state index in [0.717, 1.165) is 0 Å². The molecule has 0 fully saturated rings. The van der Waals surface area contributed by atoms with Gasteiger partial charge < -0.3 is 5.73 Å². The minimum Gasteiger partial charge on any atom is -0.326 e. The molecule has 106 valence electrons. The lowest BCUT2D eigenvalue weighted by Gasteiger charge is -2.14. The Labute approximate surface area is 122 Å². The van der Waals surface area contributed by atoms with Crippen molar-refractivity contribution in [2.45, 2.75) is 45.6 Å². The Morgan fingerprint density at radius 1 is 0.850 bits per heavy atom. The first-order chi connectivity index (χ1) is 9.78. The van der Waals surface area contributed by atoms with Crippen molar-refractivity contribution in [2.24, 2.45) is 5.73 Å². The largest absolute Gasteiger partial charge is 0.326 e. The minimum absolute atomic E-state index is 0.606. The lowest BCUT2D eigenvalue weighted by molar-refractivity contribution is 0.596. The monoisotopic (exact) mass is 267 g/mol. The second kappa shape index (κ2) is 7.25. The summed E-state index contributed by atoms with van der Waals surface area (Å²) in [6.45, 7) is 5.14. The van der Waals surface area contributed by atoms with Crippen molar-refractivity contribution in [3.05, 3.63) is 59.7 Å². The molecule has 0 aliphatic carbocycles. The third-order valence-electron chi connectivity index (χ3n) is 4.03. The molecule has 2 rings (SSSR count). The summed E-state index contributed by atoms with van der Waals surface area (Å²) < 4.78 is 0. The van der Waals surface area contributed by atoms with E-state index in [-0.39, 0.29) is 0 Å². The molecular formula is C19H25N. The van der Waals surface area contributed by atoms with E-state index in [1.807, 2.05) is 0 Å². The zero-order valence-electron chi connectivity index (χ0n) is 12.6. The molecule has 1 unspecified atom stereocenters. The summed E-state index contributed by atoms with van der Waals surface area (Å²) >= 11 is 0. The molecular weight excluding hydrogens is 242 g/mol. The maximum Gasteiger partial charge on any atom is 0.0178 e. The number of hydrogen-bond donors (Lipinski definition) is 1. The van der Waals surface area contributed by atoms with Gasteiger partial charge in [-0.2, -0.15) is 0 Å². The molecule has 0 bridgehead atoms. The van der Waals surface area contributed by atoms with Crippen molar-refractivity contribution in [1.82, 2.24) is 0 Å². The van der Waals surface area contributed by atoms with E-state index in [0.29, 0.717) is 12.5 Å². The quantitative estimate of drug-likeness (QED) is 0.773. The first-order valence-electron chi connectivity index (χ1n) is 7.67. The molecule has 2 aromatic rings. The van der Waals surface area contributed by atoms with Gasteiger partial charge in [-0.1, -0.05) is 68.8 Å². The molecule has 0 aromatic heterocycles. The summed E-state index contributed by atoms with van der Waals surface area (Å²) in [5, 5.41) is 0. The van der Waals surface area contributed by atoms with Crippen LogP contribution in [0.4, 0.5) is 0 Å². The smallest absolute Gasteiger partial charge is 0.0178 e. The van der Waals surface area contributed by atoms with Crippen LogP contribution in [-0.2, 0) is 6.54 Å². The maximum atomic E-state index is 5.64. The summed E-state index contributed by atoms with van der Waals surface area (Å²) in [5.41, 5.74) is 10.8. The van der Waals surface area contributed by atoms with Gasteiger partial charge in [0.2, 0.25) is 0 Å². The van der Waals surface area contributed by atoms with E-state index < -0.39 is 0 Å². The number of nitrogens with two attached hydrogens (primary N) is 1. The SMILES string of the molecule is CCCC(CC)c1ccc(-c2ccc(CN)cc2)cc1. The predicted octanol–water partition coefficient (Wildman–Crippen LogP) is 5.11. The summed E-state index contributed by atoms with van der Waals surface area (Å²) in [4.78, 5) is 0.